The lowest BCUT2D eigenvalue weighted by molar-refractivity contribution is 0.171. The Kier molecular flexibility index (Phi) is 3.77. The first-order valence-corrected chi connectivity index (χ1v) is 9.73. The quantitative estimate of drug-likeness (QED) is 0.791. The summed E-state index contributed by atoms with van der Waals surface area (Å²) in [6, 6.07) is 5.74. The van der Waals surface area contributed by atoms with Crippen LogP contribution in [0.3, 0.4) is 0 Å². The highest BCUT2D eigenvalue weighted by Gasteiger charge is 2.25. The van der Waals surface area contributed by atoms with E-state index in [1.807, 2.05) is 18.2 Å². The molecule has 2 aromatic rings. The number of fused-ring (bicyclic) bond motifs is 2. The number of nitrogens with one attached hydrogen (secondary N) is 1. The van der Waals surface area contributed by atoms with Crippen LogP contribution in [0.4, 0.5) is 0 Å². The zero-order valence-electron chi connectivity index (χ0n) is 13.6. The van der Waals surface area contributed by atoms with E-state index in [1.54, 1.807) is 0 Å². The van der Waals surface area contributed by atoms with Crippen LogP contribution in [-0.2, 0) is 29.3 Å². The van der Waals surface area contributed by atoms with Gasteiger partial charge >= 0.3 is 0 Å². The first kappa shape index (κ1) is 16.1. The van der Waals surface area contributed by atoms with Crippen molar-refractivity contribution in [2.24, 2.45) is 0 Å². The summed E-state index contributed by atoms with van der Waals surface area (Å²) in [7, 11) is -3.54. The minimum Gasteiger partial charge on any atom is -0.454 e. The summed E-state index contributed by atoms with van der Waals surface area (Å²) in [5, 5.41) is -0.267. The molecule has 1 N–H and O–H groups in total. The minimum absolute atomic E-state index is 0.215. The third-order valence-corrected chi connectivity index (χ3v) is 5.25. The van der Waals surface area contributed by atoms with Crippen molar-refractivity contribution in [1.29, 1.82) is 0 Å². The Morgan fingerprint density at radius 3 is 2.96 bits per heavy atom. The molecule has 1 aromatic carbocycles. The molecule has 9 heteroatoms. The van der Waals surface area contributed by atoms with Crippen LogP contribution in [-0.4, -0.2) is 42.9 Å². The molecule has 132 valence electrons. The number of ether oxygens (including phenoxy) is 2. The molecule has 0 saturated carbocycles. The molecule has 3 heterocycles. The van der Waals surface area contributed by atoms with E-state index in [9.17, 15) is 13.2 Å². The number of para-hydroxylation sites is 1. The number of hydrogen-bond acceptors (Lipinski definition) is 7. The molecule has 25 heavy (non-hydrogen) atoms. The maximum atomic E-state index is 12.3. The van der Waals surface area contributed by atoms with Crippen molar-refractivity contribution in [3.05, 3.63) is 45.4 Å². The Morgan fingerprint density at radius 2 is 2.16 bits per heavy atom. The van der Waals surface area contributed by atoms with Gasteiger partial charge < -0.3 is 9.47 Å². The topological polar surface area (TPSA) is 102 Å². The zero-order valence-corrected chi connectivity index (χ0v) is 14.4. The van der Waals surface area contributed by atoms with E-state index >= 15 is 0 Å². The molecule has 0 atom stereocenters. The molecule has 0 unspecified atom stereocenters. The van der Waals surface area contributed by atoms with Gasteiger partial charge in [-0.25, -0.2) is 13.4 Å². The molecule has 2 aliphatic heterocycles. The number of hydrogen-bond donors (Lipinski definition) is 1. The first-order valence-electron chi connectivity index (χ1n) is 7.84. The smallest absolute Gasteiger partial charge is 0.256 e. The van der Waals surface area contributed by atoms with Crippen LogP contribution in [0.5, 0.6) is 11.5 Å². The van der Waals surface area contributed by atoms with Crippen molar-refractivity contribution in [3.8, 4) is 11.5 Å². The fraction of sp³-hybridized carbons (Fsp3) is 0.375. The number of H-pyrrole nitrogens is 1. The zero-order chi connectivity index (χ0) is 17.6. The van der Waals surface area contributed by atoms with Crippen molar-refractivity contribution >= 4 is 9.84 Å². The van der Waals surface area contributed by atoms with Crippen LogP contribution >= 0.6 is 0 Å². The van der Waals surface area contributed by atoms with Crippen molar-refractivity contribution in [1.82, 2.24) is 14.9 Å². The van der Waals surface area contributed by atoms with E-state index < -0.39 is 15.4 Å². The molecular formula is C16H17N3O5S. The Hall–Kier alpha value is -2.39. The molecule has 0 amide bonds. The third kappa shape index (κ3) is 3.00. The fourth-order valence-corrected chi connectivity index (χ4v) is 3.68. The molecule has 1 aromatic heterocycles. The Balaban J connectivity index is 1.60. The van der Waals surface area contributed by atoms with Crippen molar-refractivity contribution in [3.63, 3.8) is 0 Å². The first-order chi connectivity index (χ1) is 11.9. The number of rotatable bonds is 3. The summed E-state index contributed by atoms with van der Waals surface area (Å²) in [4.78, 5) is 20.9. The summed E-state index contributed by atoms with van der Waals surface area (Å²) in [6.07, 6.45) is 1.55. The largest absolute Gasteiger partial charge is 0.454 e. The predicted octanol–water partition coefficient (Wildman–Crippen LogP) is 0.460. The van der Waals surface area contributed by atoms with Gasteiger partial charge in [-0.15, -0.1) is 0 Å². The highest BCUT2D eigenvalue weighted by atomic mass is 32.2. The van der Waals surface area contributed by atoms with Crippen molar-refractivity contribution in [2.75, 3.05) is 19.6 Å². The number of sulfone groups is 1. The van der Waals surface area contributed by atoms with Gasteiger partial charge in [-0.2, -0.15) is 0 Å². The monoisotopic (exact) mass is 363 g/mol. The highest BCUT2D eigenvalue weighted by Crippen LogP contribution is 2.36. The van der Waals surface area contributed by atoms with E-state index in [0.29, 0.717) is 37.3 Å². The van der Waals surface area contributed by atoms with E-state index in [-0.39, 0.29) is 11.9 Å². The fourth-order valence-electron chi connectivity index (χ4n) is 3.12. The summed E-state index contributed by atoms with van der Waals surface area (Å²) in [5.74, 6) is 1.47. The molecule has 0 fully saturated rings. The van der Waals surface area contributed by atoms with Gasteiger partial charge in [0.25, 0.3) is 5.56 Å². The normalized spacial score (nSPS) is 16.7. The second-order valence-electron chi connectivity index (χ2n) is 6.18. The van der Waals surface area contributed by atoms with Gasteiger partial charge in [-0.05, 0) is 6.07 Å². The average Bonchev–Trinajstić information content (AvgIpc) is 3.04. The third-order valence-electron chi connectivity index (χ3n) is 4.35. The van der Waals surface area contributed by atoms with E-state index in [4.69, 9.17) is 9.47 Å². The average molecular weight is 363 g/mol. The van der Waals surface area contributed by atoms with E-state index in [1.165, 1.54) is 0 Å². The van der Waals surface area contributed by atoms with Crippen LogP contribution in [0.2, 0.25) is 0 Å². The molecule has 0 radical (unpaired) electrons. The predicted molar refractivity (Wildman–Crippen MR) is 88.4 cm³/mol. The second-order valence-corrected chi connectivity index (χ2v) is 8.11. The summed E-state index contributed by atoms with van der Waals surface area (Å²) < 4.78 is 34.1. The van der Waals surface area contributed by atoms with Gasteiger partial charge in [-0.1, -0.05) is 12.1 Å². The molecule has 4 rings (SSSR count). The van der Waals surface area contributed by atoms with Gasteiger partial charge in [0.05, 0.1) is 11.3 Å². The van der Waals surface area contributed by atoms with E-state index in [0.717, 1.165) is 23.3 Å². The Morgan fingerprint density at radius 1 is 1.32 bits per heavy atom. The molecule has 0 bridgehead atoms. The number of benzene rings is 1. The van der Waals surface area contributed by atoms with Gasteiger partial charge in [-0.3, -0.25) is 14.7 Å². The standard InChI is InChI=1S/C16H17N3O5S/c1-25(21,22)16-17-12-5-6-19(8-11(12)15(20)18-16)7-10-3-2-4-13-14(10)24-9-23-13/h2-4H,5-9H2,1H3,(H,17,18,20). The molecule has 2 aliphatic rings. The lowest BCUT2D eigenvalue weighted by atomic mass is 10.1. The second kappa shape index (κ2) is 5.85. The molecule has 8 nitrogen and oxygen atoms in total. The molecule has 0 saturated heterocycles. The van der Waals surface area contributed by atoms with Crippen LogP contribution in [0, 0.1) is 0 Å². The number of nitrogens with zero attached hydrogens (tertiary/aromatic N) is 2. The minimum atomic E-state index is -3.54. The van der Waals surface area contributed by atoms with Gasteiger partial charge in [0, 0.05) is 37.9 Å². The van der Waals surface area contributed by atoms with Crippen molar-refractivity contribution in [2.45, 2.75) is 24.7 Å². The molecule has 0 spiro atoms. The van der Waals surface area contributed by atoms with Crippen LogP contribution in [0.1, 0.15) is 16.8 Å². The summed E-state index contributed by atoms with van der Waals surface area (Å²) >= 11 is 0. The highest BCUT2D eigenvalue weighted by molar-refractivity contribution is 7.90. The van der Waals surface area contributed by atoms with Gasteiger partial charge in [0.15, 0.2) is 11.5 Å². The molecular weight excluding hydrogens is 346 g/mol. The van der Waals surface area contributed by atoms with Crippen molar-refractivity contribution < 1.29 is 17.9 Å². The Labute approximate surface area is 144 Å². The maximum absolute atomic E-state index is 12.3. The lowest BCUT2D eigenvalue weighted by Gasteiger charge is -2.27. The molecule has 0 aliphatic carbocycles. The lowest BCUT2D eigenvalue weighted by Crippen LogP contribution is -2.36. The van der Waals surface area contributed by atoms with Crippen LogP contribution in [0.15, 0.2) is 28.2 Å². The SMILES string of the molecule is CS(=O)(=O)c1nc2c(c(=O)[nH]1)CN(Cc1cccc3c1OCO3)CC2. The maximum Gasteiger partial charge on any atom is 0.256 e. The summed E-state index contributed by atoms with van der Waals surface area (Å²) in [5.41, 5.74) is 1.67. The van der Waals surface area contributed by atoms with Gasteiger partial charge in [0.2, 0.25) is 21.8 Å². The van der Waals surface area contributed by atoms with Crippen LogP contribution in [0.25, 0.3) is 0 Å². The summed E-state index contributed by atoms with van der Waals surface area (Å²) in [6.45, 7) is 1.91. The van der Waals surface area contributed by atoms with E-state index in [2.05, 4.69) is 14.9 Å². The number of aromatic nitrogens is 2. The van der Waals surface area contributed by atoms with Crippen LogP contribution < -0.4 is 15.0 Å². The van der Waals surface area contributed by atoms with Gasteiger partial charge in [0.1, 0.15) is 0 Å². The Bertz CT molecular complexity index is 999. The number of aromatic amines is 1.